The van der Waals surface area contributed by atoms with Crippen LogP contribution in [0.3, 0.4) is 0 Å². The molecule has 2 amide bonds. The molecule has 2 aromatic carbocycles. The summed E-state index contributed by atoms with van der Waals surface area (Å²) in [5, 5.41) is 12.0. The summed E-state index contributed by atoms with van der Waals surface area (Å²) >= 11 is 0. The second-order valence-corrected chi connectivity index (χ2v) is 6.10. The van der Waals surface area contributed by atoms with Crippen molar-refractivity contribution in [3.63, 3.8) is 0 Å². The first-order valence-corrected chi connectivity index (χ1v) is 8.49. The molecule has 0 spiro atoms. The standard InChI is InChI=1S/C20H22N2O6/c1-12-5-3-4-6-14(12)15(10-19(24)25)22-20(26)13-7-8-16(17(9-13)27-2)28-11-18(21)23/h3-9,15H,10-11H2,1-2H3,(H2,21,23)(H,22,26)(H,24,25). The lowest BCUT2D eigenvalue weighted by Gasteiger charge is -2.20. The fourth-order valence-electron chi connectivity index (χ4n) is 2.71. The number of hydrogen-bond acceptors (Lipinski definition) is 5. The number of hydrogen-bond donors (Lipinski definition) is 3. The van der Waals surface area contributed by atoms with Crippen LogP contribution >= 0.6 is 0 Å². The van der Waals surface area contributed by atoms with E-state index in [1.807, 2.05) is 19.1 Å². The molecule has 148 valence electrons. The highest BCUT2D eigenvalue weighted by molar-refractivity contribution is 5.95. The molecule has 0 heterocycles. The van der Waals surface area contributed by atoms with Gasteiger partial charge in [-0.25, -0.2) is 0 Å². The summed E-state index contributed by atoms with van der Waals surface area (Å²) in [6.07, 6.45) is -0.256. The first-order valence-electron chi connectivity index (χ1n) is 8.49. The zero-order chi connectivity index (χ0) is 20.7. The van der Waals surface area contributed by atoms with Crippen molar-refractivity contribution in [2.24, 2.45) is 5.73 Å². The fourth-order valence-corrected chi connectivity index (χ4v) is 2.71. The Kier molecular flexibility index (Phi) is 6.97. The van der Waals surface area contributed by atoms with Crippen LogP contribution in [0.15, 0.2) is 42.5 Å². The number of methoxy groups -OCH3 is 1. The molecule has 0 aliphatic rings. The Morgan fingerprint density at radius 3 is 2.46 bits per heavy atom. The highest BCUT2D eigenvalue weighted by Gasteiger charge is 2.21. The number of nitrogens with two attached hydrogens (primary N) is 1. The first kappa shape index (κ1) is 20.8. The van der Waals surface area contributed by atoms with Gasteiger partial charge in [-0.3, -0.25) is 14.4 Å². The van der Waals surface area contributed by atoms with E-state index in [-0.39, 0.29) is 30.1 Å². The average molecular weight is 386 g/mol. The number of primary amides is 1. The summed E-state index contributed by atoms with van der Waals surface area (Å²) < 4.78 is 10.4. The number of nitrogens with one attached hydrogen (secondary N) is 1. The molecule has 0 fully saturated rings. The number of carbonyl (C=O) groups is 3. The zero-order valence-corrected chi connectivity index (χ0v) is 15.6. The van der Waals surface area contributed by atoms with Crippen molar-refractivity contribution in [3.8, 4) is 11.5 Å². The van der Waals surface area contributed by atoms with Crippen LogP contribution < -0.4 is 20.5 Å². The van der Waals surface area contributed by atoms with Crippen molar-refractivity contribution < 1.29 is 29.0 Å². The van der Waals surface area contributed by atoms with E-state index in [2.05, 4.69) is 5.32 Å². The number of carboxylic acids is 1. The number of carbonyl (C=O) groups excluding carboxylic acids is 2. The van der Waals surface area contributed by atoms with Crippen LogP contribution in [0.5, 0.6) is 11.5 Å². The minimum atomic E-state index is -1.03. The van der Waals surface area contributed by atoms with E-state index in [4.69, 9.17) is 15.2 Å². The fraction of sp³-hybridized carbons (Fsp3) is 0.250. The van der Waals surface area contributed by atoms with Gasteiger partial charge in [-0.2, -0.15) is 0 Å². The van der Waals surface area contributed by atoms with Crippen molar-refractivity contribution in [3.05, 3.63) is 59.2 Å². The molecule has 0 aliphatic heterocycles. The molecule has 28 heavy (non-hydrogen) atoms. The molecule has 2 aromatic rings. The third-order valence-corrected chi connectivity index (χ3v) is 4.04. The number of carboxylic acid groups (broad SMARTS) is 1. The Hall–Kier alpha value is -3.55. The van der Waals surface area contributed by atoms with Crippen LogP contribution in [0.4, 0.5) is 0 Å². The first-order chi connectivity index (χ1) is 13.3. The molecule has 0 saturated carbocycles. The van der Waals surface area contributed by atoms with E-state index in [9.17, 15) is 19.5 Å². The summed E-state index contributed by atoms with van der Waals surface area (Å²) in [5.41, 5.74) is 6.92. The lowest BCUT2D eigenvalue weighted by atomic mass is 9.98. The van der Waals surface area contributed by atoms with Crippen molar-refractivity contribution >= 4 is 17.8 Å². The van der Waals surface area contributed by atoms with Crippen LogP contribution in [0.2, 0.25) is 0 Å². The van der Waals surface area contributed by atoms with Gasteiger partial charge in [0.1, 0.15) is 0 Å². The zero-order valence-electron chi connectivity index (χ0n) is 15.6. The van der Waals surface area contributed by atoms with Gasteiger partial charge in [0, 0.05) is 5.56 Å². The van der Waals surface area contributed by atoms with Crippen molar-refractivity contribution in [2.45, 2.75) is 19.4 Å². The Labute approximate surface area is 162 Å². The van der Waals surface area contributed by atoms with E-state index >= 15 is 0 Å². The predicted octanol–water partition coefficient (Wildman–Crippen LogP) is 1.81. The Morgan fingerprint density at radius 1 is 1.14 bits per heavy atom. The maximum atomic E-state index is 12.7. The molecule has 1 atom stereocenters. The van der Waals surface area contributed by atoms with E-state index in [0.29, 0.717) is 0 Å². The topological polar surface area (TPSA) is 128 Å². The number of aliphatic carboxylic acids is 1. The minimum absolute atomic E-state index is 0.250. The monoisotopic (exact) mass is 386 g/mol. The highest BCUT2D eigenvalue weighted by atomic mass is 16.5. The van der Waals surface area contributed by atoms with Crippen molar-refractivity contribution in [1.29, 1.82) is 0 Å². The molecule has 1 unspecified atom stereocenters. The van der Waals surface area contributed by atoms with Gasteiger partial charge in [0.2, 0.25) is 0 Å². The molecular weight excluding hydrogens is 364 g/mol. The molecule has 0 radical (unpaired) electrons. The van der Waals surface area contributed by atoms with Crippen LogP contribution in [0.25, 0.3) is 0 Å². The SMILES string of the molecule is COc1cc(C(=O)NC(CC(=O)O)c2ccccc2C)ccc1OCC(N)=O. The predicted molar refractivity (Wildman–Crippen MR) is 101 cm³/mol. The van der Waals surface area contributed by atoms with E-state index in [0.717, 1.165) is 11.1 Å². The van der Waals surface area contributed by atoms with E-state index < -0.39 is 23.8 Å². The van der Waals surface area contributed by atoms with Gasteiger partial charge in [0.25, 0.3) is 11.8 Å². The normalized spacial score (nSPS) is 11.4. The summed E-state index contributed by atoms with van der Waals surface area (Å²) in [4.78, 5) is 34.8. The minimum Gasteiger partial charge on any atom is -0.493 e. The van der Waals surface area contributed by atoms with Crippen LogP contribution in [-0.4, -0.2) is 36.6 Å². The molecule has 4 N–H and O–H groups in total. The third kappa shape index (κ3) is 5.47. The molecule has 0 bridgehead atoms. The summed E-state index contributed by atoms with van der Waals surface area (Å²) in [6, 6.07) is 11.0. The summed E-state index contributed by atoms with van der Waals surface area (Å²) in [6.45, 7) is 1.53. The molecule has 8 heteroatoms. The van der Waals surface area contributed by atoms with Crippen molar-refractivity contribution in [1.82, 2.24) is 5.32 Å². The second kappa shape index (κ2) is 9.40. The van der Waals surface area contributed by atoms with Crippen LogP contribution in [0, 0.1) is 6.92 Å². The Bertz CT molecular complexity index is 881. The molecule has 0 aromatic heterocycles. The van der Waals surface area contributed by atoms with Gasteiger partial charge in [0.15, 0.2) is 18.1 Å². The quantitative estimate of drug-likeness (QED) is 0.603. The Morgan fingerprint density at radius 2 is 1.86 bits per heavy atom. The van der Waals surface area contributed by atoms with Gasteiger partial charge in [0.05, 0.1) is 19.6 Å². The number of aryl methyl sites for hydroxylation is 1. The van der Waals surface area contributed by atoms with Gasteiger partial charge < -0.3 is 25.6 Å². The molecular formula is C20H22N2O6. The lowest BCUT2D eigenvalue weighted by Crippen LogP contribution is -2.30. The van der Waals surface area contributed by atoms with E-state index in [1.165, 1.54) is 25.3 Å². The van der Waals surface area contributed by atoms with Crippen molar-refractivity contribution in [2.75, 3.05) is 13.7 Å². The largest absolute Gasteiger partial charge is 0.493 e. The number of rotatable bonds is 9. The number of benzene rings is 2. The molecule has 0 saturated heterocycles. The number of amides is 2. The van der Waals surface area contributed by atoms with Gasteiger partial charge in [-0.15, -0.1) is 0 Å². The lowest BCUT2D eigenvalue weighted by molar-refractivity contribution is -0.137. The third-order valence-electron chi connectivity index (χ3n) is 4.04. The number of ether oxygens (including phenoxy) is 2. The average Bonchev–Trinajstić information content (AvgIpc) is 2.65. The highest BCUT2D eigenvalue weighted by Crippen LogP contribution is 2.29. The second-order valence-electron chi connectivity index (χ2n) is 6.10. The summed E-state index contributed by atoms with van der Waals surface area (Å²) in [7, 11) is 1.40. The van der Waals surface area contributed by atoms with Gasteiger partial charge >= 0.3 is 5.97 Å². The summed E-state index contributed by atoms with van der Waals surface area (Å²) in [5.74, 6) is -1.62. The van der Waals surface area contributed by atoms with E-state index in [1.54, 1.807) is 12.1 Å². The molecule has 2 rings (SSSR count). The maximum Gasteiger partial charge on any atom is 0.305 e. The smallest absolute Gasteiger partial charge is 0.305 e. The van der Waals surface area contributed by atoms with Gasteiger partial charge in [-0.05, 0) is 36.2 Å². The van der Waals surface area contributed by atoms with Crippen LogP contribution in [0.1, 0.15) is 33.9 Å². The Balaban J connectivity index is 2.24. The molecule has 8 nitrogen and oxygen atoms in total. The maximum absolute atomic E-state index is 12.7. The molecule has 0 aliphatic carbocycles. The van der Waals surface area contributed by atoms with Gasteiger partial charge in [-0.1, -0.05) is 24.3 Å². The van der Waals surface area contributed by atoms with Crippen LogP contribution in [-0.2, 0) is 9.59 Å².